The summed E-state index contributed by atoms with van der Waals surface area (Å²) >= 11 is 11.9. The Morgan fingerprint density at radius 2 is 1.54 bits per heavy atom. The average molecular weight is 393 g/mol. The van der Waals surface area contributed by atoms with Gasteiger partial charge in [-0.2, -0.15) is 0 Å². The standard InChI is InChI=1S/C19H18Cl2N2O3/c20-16-7-6-15(12-17(16)21)18(24)22-8-10-23(11-9-22)19(25)26-13-14-4-2-1-3-5-14/h1-7,12H,8-11,13H2. The van der Waals surface area contributed by atoms with Crippen LogP contribution in [0.25, 0.3) is 0 Å². The lowest BCUT2D eigenvalue weighted by Gasteiger charge is -2.34. The third-order valence-electron chi connectivity index (χ3n) is 4.20. The first-order valence-corrected chi connectivity index (χ1v) is 9.00. The maximum absolute atomic E-state index is 12.5. The second kappa shape index (κ2) is 8.43. The number of hydrogen-bond acceptors (Lipinski definition) is 3. The van der Waals surface area contributed by atoms with E-state index < -0.39 is 0 Å². The first-order chi connectivity index (χ1) is 12.5. The zero-order valence-corrected chi connectivity index (χ0v) is 15.5. The van der Waals surface area contributed by atoms with Gasteiger partial charge in [0, 0.05) is 31.7 Å². The minimum atomic E-state index is -0.365. The zero-order valence-electron chi connectivity index (χ0n) is 14.0. The number of halogens is 2. The zero-order chi connectivity index (χ0) is 18.5. The van der Waals surface area contributed by atoms with Crippen molar-refractivity contribution in [3.8, 4) is 0 Å². The average Bonchev–Trinajstić information content (AvgIpc) is 2.68. The molecule has 0 bridgehead atoms. The topological polar surface area (TPSA) is 49.9 Å². The molecule has 0 unspecified atom stereocenters. The van der Waals surface area contributed by atoms with Gasteiger partial charge in [0.1, 0.15) is 6.61 Å². The summed E-state index contributed by atoms with van der Waals surface area (Å²) in [4.78, 5) is 28.0. The highest BCUT2D eigenvalue weighted by Crippen LogP contribution is 2.23. The first-order valence-electron chi connectivity index (χ1n) is 8.24. The quantitative estimate of drug-likeness (QED) is 0.790. The Morgan fingerprint density at radius 3 is 2.19 bits per heavy atom. The fourth-order valence-corrected chi connectivity index (χ4v) is 3.01. The molecule has 136 valence electrons. The SMILES string of the molecule is O=C(OCc1ccccc1)N1CCN(C(=O)c2ccc(Cl)c(Cl)c2)CC1. The number of hydrogen-bond donors (Lipinski definition) is 0. The second-order valence-electron chi connectivity index (χ2n) is 5.95. The predicted molar refractivity (Wildman–Crippen MR) is 101 cm³/mol. The largest absolute Gasteiger partial charge is 0.445 e. The van der Waals surface area contributed by atoms with Crippen molar-refractivity contribution in [2.24, 2.45) is 0 Å². The van der Waals surface area contributed by atoms with Gasteiger partial charge in [0.05, 0.1) is 10.0 Å². The Hall–Kier alpha value is -2.24. The van der Waals surface area contributed by atoms with Crippen LogP contribution >= 0.6 is 23.2 Å². The van der Waals surface area contributed by atoms with Crippen molar-refractivity contribution in [3.05, 3.63) is 69.7 Å². The molecule has 0 atom stereocenters. The van der Waals surface area contributed by atoms with Gasteiger partial charge in [0.25, 0.3) is 5.91 Å². The Kier molecular flexibility index (Phi) is 6.01. The molecule has 0 saturated carbocycles. The van der Waals surface area contributed by atoms with E-state index in [0.717, 1.165) is 5.56 Å². The van der Waals surface area contributed by atoms with Gasteiger partial charge in [-0.25, -0.2) is 4.79 Å². The fraction of sp³-hybridized carbons (Fsp3) is 0.263. The molecule has 1 aliphatic heterocycles. The van der Waals surface area contributed by atoms with Crippen molar-refractivity contribution in [2.75, 3.05) is 26.2 Å². The van der Waals surface area contributed by atoms with Gasteiger partial charge < -0.3 is 14.5 Å². The predicted octanol–water partition coefficient (Wildman–Crippen LogP) is 4.09. The van der Waals surface area contributed by atoms with Crippen molar-refractivity contribution in [1.29, 1.82) is 0 Å². The van der Waals surface area contributed by atoms with E-state index in [1.54, 1.807) is 28.0 Å². The summed E-state index contributed by atoms with van der Waals surface area (Å²) in [6.45, 7) is 1.99. The van der Waals surface area contributed by atoms with Crippen LogP contribution in [0.4, 0.5) is 4.79 Å². The van der Waals surface area contributed by atoms with Gasteiger partial charge in [-0.15, -0.1) is 0 Å². The third kappa shape index (κ3) is 4.48. The Bertz CT molecular complexity index is 791. The maximum atomic E-state index is 12.5. The van der Waals surface area contributed by atoms with Crippen LogP contribution in [0.2, 0.25) is 10.0 Å². The molecule has 0 aliphatic carbocycles. The lowest BCUT2D eigenvalue weighted by molar-refractivity contribution is 0.0544. The molecule has 3 rings (SSSR count). The van der Waals surface area contributed by atoms with Gasteiger partial charge in [-0.05, 0) is 23.8 Å². The van der Waals surface area contributed by atoms with E-state index >= 15 is 0 Å². The van der Waals surface area contributed by atoms with Crippen molar-refractivity contribution in [3.63, 3.8) is 0 Å². The summed E-state index contributed by atoms with van der Waals surface area (Å²) in [7, 11) is 0. The molecule has 2 amide bonds. The van der Waals surface area contributed by atoms with Gasteiger partial charge in [0.15, 0.2) is 0 Å². The molecule has 1 saturated heterocycles. The van der Waals surface area contributed by atoms with E-state index in [0.29, 0.717) is 41.8 Å². The summed E-state index contributed by atoms with van der Waals surface area (Å²) < 4.78 is 5.33. The van der Waals surface area contributed by atoms with Crippen LogP contribution in [0.1, 0.15) is 15.9 Å². The molecule has 7 heteroatoms. The lowest BCUT2D eigenvalue weighted by Crippen LogP contribution is -2.50. The van der Waals surface area contributed by atoms with E-state index in [2.05, 4.69) is 0 Å². The van der Waals surface area contributed by atoms with Gasteiger partial charge in [0.2, 0.25) is 0 Å². The van der Waals surface area contributed by atoms with E-state index in [-0.39, 0.29) is 18.6 Å². The number of carbonyl (C=O) groups excluding carboxylic acids is 2. The first kappa shape index (κ1) is 18.5. The second-order valence-corrected chi connectivity index (χ2v) is 6.76. The molecule has 0 aromatic heterocycles. The van der Waals surface area contributed by atoms with Crippen molar-refractivity contribution in [1.82, 2.24) is 9.80 Å². The summed E-state index contributed by atoms with van der Waals surface area (Å²) in [5, 5.41) is 0.759. The third-order valence-corrected chi connectivity index (χ3v) is 4.94. The molecule has 2 aromatic carbocycles. The number of benzene rings is 2. The molecule has 26 heavy (non-hydrogen) atoms. The Labute approximate surface area is 162 Å². The number of carbonyl (C=O) groups is 2. The van der Waals surface area contributed by atoms with E-state index in [1.165, 1.54) is 0 Å². The molecule has 0 N–H and O–H groups in total. The van der Waals surface area contributed by atoms with Crippen molar-refractivity contribution >= 4 is 35.2 Å². The molecular formula is C19H18Cl2N2O3. The highest BCUT2D eigenvalue weighted by molar-refractivity contribution is 6.42. The summed E-state index contributed by atoms with van der Waals surface area (Å²) in [6, 6.07) is 14.3. The van der Waals surface area contributed by atoms with Crippen LogP contribution in [0.5, 0.6) is 0 Å². The molecule has 0 spiro atoms. The van der Waals surface area contributed by atoms with E-state index in [4.69, 9.17) is 27.9 Å². The van der Waals surface area contributed by atoms with Crippen LogP contribution in [0.3, 0.4) is 0 Å². The van der Waals surface area contributed by atoms with Crippen LogP contribution in [-0.4, -0.2) is 48.0 Å². The van der Waals surface area contributed by atoms with Crippen LogP contribution in [0, 0.1) is 0 Å². The lowest BCUT2D eigenvalue weighted by atomic mass is 10.2. The number of nitrogens with zero attached hydrogens (tertiary/aromatic N) is 2. The van der Waals surface area contributed by atoms with Gasteiger partial charge >= 0.3 is 6.09 Å². The van der Waals surface area contributed by atoms with Crippen LogP contribution in [0.15, 0.2) is 48.5 Å². The van der Waals surface area contributed by atoms with Crippen molar-refractivity contribution < 1.29 is 14.3 Å². The highest BCUT2D eigenvalue weighted by Gasteiger charge is 2.26. The smallest absolute Gasteiger partial charge is 0.410 e. The molecule has 5 nitrogen and oxygen atoms in total. The normalized spacial score (nSPS) is 14.2. The molecule has 1 fully saturated rings. The van der Waals surface area contributed by atoms with Crippen LogP contribution < -0.4 is 0 Å². The Balaban J connectivity index is 1.51. The van der Waals surface area contributed by atoms with Gasteiger partial charge in [-0.3, -0.25) is 4.79 Å². The van der Waals surface area contributed by atoms with Gasteiger partial charge in [-0.1, -0.05) is 53.5 Å². The van der Waals surface area contributed by atoms with E-state index in [1.807, 2.05) is 30.3 Å². The summed E-state index contributed by atoms with van der Waals surface area (Å²) in [6.07, 6.45) is -0.365. The number of piperazine rings is 1. The number of ether oxygens (including phenoxy) is 1. The van der Waals surface area contributed by atoms with Crippen LogP contribution in [-0.2, 0) is 11.3 Å². The minimum absolute atomic E-state index is 0.124. The molecule has 1 heterocycles. The highest BCUT2D eigenvalue weighted by atomic mass is 35.5. The number of amides is 2. The summed E-state index contributed by atoms with van der Waals surface area (Å²) in [5.74, 6) is -0.124. The Morgan fingerprint density at radius 1 is 0.885 bits per heavy atom. The number of rotatable bonds is 3. The molecule has 0 radical (unpaired) electrons. The van der Waals surface area contributed by atoms with E-state index in [9.17, 15) is 9.59 Å². The fourth-order valence-electron chi connectivity index (χ4n) is 2.71. The monoisotopic (exact) mass is 392 g/mol. The maximum Gasteiger partial charge on any atom is 0.410 e. The molecule has 1 aliphatic rings. The summed E-state index contributed by atoms with van der Waals surface area (Å²) in [5.41, 5.74) is 1.42. The molecular weight excluding hydrogens is 375 g/mol. The molecule has 2 aromatic rings. The van der Waals surface area contributed by atoms with Crippen molar-refractivity contribution in [2.45, 2.75) is 6.61 Å². The minimum Gasteiger partial charge on any atom is -0.445 e.